The van der Waals surface area contributed by atoms with Gasteiger partial charge in [0.1, 0.15) is 28.0 Å². The fourth-order valence-electron chi connectivity index (χ4n) is 9.47. The first-order valence-electron chi connectivity index (χ1n) is 18.2. The van der Waals surface area contributed by atoms with Crippen LogP contribution in [0.2, 0.25) is 0 Å². The Hall–Kier alpha value is -5.58. The normalized spacial score (nSPS) is 17.3. The summed E-state index contributed by atoms with van der Waals surface area (Å²) in [6.45, 7) is 0. The highest BCUT2D eigenvalue weighted by Crippen LogP contribution is 2.41. The molecule has 0 amide bonds. The van der Waals surface area contributed by atoms with E-state index >= 15 is 0 Å². The molecule has 54 heavy (non-hydrogen) atoms. The first-order chi connectivity index (χ1) is 26.7. The van der Waals surface area contributed by atoms with Gasteiger partial charge in [-0.2, -0.15) is 0 Å². The van der Waals surface area contributed by atoms with E-state index in [4.69, 9.17) is 14.5 Å². The van der Waals surface area contributed by atoms with Gasteiger partial charge in [0.15, 0.2) is 16.1 Å². The average molecular weight is 760 g/mol. The third kappa shape index (κ3) is 4.02. The van der Waals surface area contributed by atoms with Crippen LogP contribution in [0, 0.1) is 0 Å². The smallest absolute Gasteiger partial charge is 0.196 e. The molecule has 7 heteroatoms. The highest BCUT2D eigenvalue weighted by Gasteiger charge is 2.54. The molecule has 4 aliphatic heterocycles. The minimum absolute atomic E-state index is 0.919. The summed E-state index contributed by atoms with van der Waals surface area (Å²) in [4.78, 5) is 9.00. The lowest BCUT2D eigenvalue weighted by molar-refractivity contribution is 0.481. The zero-order valence-electron chi connectivity index (χ0n) is 28.8. The van der Waals surface area contributed by atoms with Crippen molar-refractivity contribution in [2.45, 2.75) is 19.7 Å². The maximum Gasteiger partial charge on any atom is 0.196 e. The average Bonchev–Trinajstić information content (AvgIpc) is 3.23. The number of aromatic nitrogens is 1. The van der Waals surface area contributed by atoms with E-state index < -0.39 is 16.1 Å². The second kappa shape index (κ2) is 11.5. The third-order valence-electron chi connectivity index (χ3n) is 11.6. The van der Waals surface area contributed by atoms with Crippen molar-refractivity contribution in [1.82, 2.24) is 4.98 Å². The molecule has 8 aromatic rings. The molecule has 3 nitrogen and oxygen atoms in total. The van der Waals surface area contributed by atoms with Crippen LogP contribution in [0.3, 0.4) is 0 Å². The van der Waals surface area contributed by atoms with Crippen LogP contribution in [-0.2, 0) is 0 Å². The number of nitrogens with zero attached hydrogens (tertiary/aromatic N) is 1. The molecule has 0 saturated carbocycles. The van der Waals surface area contributed by atoms with Gasteiger partial charge in [-0.05, 0) is 101 Å². The number of pyridine rings is 1. The minimum atomic E-state index is -2.88. The molecule has 4 aliphatic rings. The maximum atomic E-state index is 6.81. The van der Waals surface area contributed by atoms with Gasteiger partial charge >= 0.3 is 0 Å². The first-order valence-corrected chi connectivity index (χ1v) is 23.8. The van der Waals surface area contributed by atoms with Crippen LogP contribution in [0.1, 0.15) is 0 Å². The number of para-hydroxylation sites is 3. The molecular weight excluding hydrogens is 731 g/mol. The zero-order chi connectivity index (χ0) is 35.4. The fraction of sp³-hybridized carbons (Fsp3) is 0. The summed E-state index contributed by atoms with van der Waals surface area (Å²) in [6.07, 6.45) is 1.95. The molecule has 1 aromatic heterocycles. The van der Waals surface area contributed by atoms with Crippen molar-refractivity contribution in [3.05, 3.63) is 176 Å². The van der Waals surface area contributed by atoms with Crippen LogP contribution in [-0.4, -0.2) is 21.1 Å². The van der Waals surface area contributed by atoms with Crippen LogP contribution in [0.25, 0.3) is 11.1 Å². The van der Waals surface area contributed by atoms with Crippen LogP contribution < -0.4 is 51.0 Å². The predicted octanol–water partition coefficient (Wildman–Crippen LogP) is 6.64. The SMILES string of the molecule is c1ccc2c(c1)Oc1ccccc1[Si]21c2ccccc2Oc2ccc(-c3ccc4c(c3)[Si]3(c5ccccc5S4)c4ccccc4Sc4ncccc43)cc21. The molecule has 0 N–H and O–H groups in total. The van der Waals surface area contributed by atoms with Gasteiger partial charge in [-0.3, -0.25) is 0 Å². The summed E-state index contributed by atoms with van der Waals surface area (Å²) < 4.78 is 13.5. The molecular formula is C47H29NO2S2Si2. The molecule has 7 aromatic carbocycles. The Morgan fingerprint density at radius 2 is 0.796 bits per heavy atom. The Balaban J connectivity index is 1.14. The van der Waals surface area contributed by atoms with Gasteiger partial charge < -0.3 is 9.47 Å². The lowest BCUT2D eigenvalue weighted by atomic mass is 10.1. The topological polar surface area (TPSA) is 31.4 Å². The summed E-state index contributed by atoms with van der Waals surface area (Å²) in [7, 11) is -5.65. The number of rotatable bonds is 1. The largest absolute Gasteiger partial charge is 0.458 e. The molecule has 0 radical (unpaired) electrons. The summed E-state index contributed by atoms with van der Waals surface area (Å²) in [5.41, 5.74) is 2.40. The molecule has 0 fully saturated rings. The van der Waals surface area contributed by atoms with Gasteiger partial charge in [-0.1, -0.05) is 145 Å². The highest BCUT2D eigenvalue weighted by atomic mass is 32.2. The van der Waals surface area contributed by atoms with Crippen molar-refractivity contribution in [3.8, 4) is 34.1 Å². The molecule has 5 heterocycles. The van der Waals surface area contributed by atoms with E-state index in [0.717, 1.165) is 28.0 Å². The predicted molar refractivity (Wildman–Crippen MR) is 225 cm³/mol. The van der Waals surface area contributed by atoms with E-state index in [9.17, 15) is 0 Å². The van der Waals surface area contributed by atoms with E-state index in [2.05, 4.69) is 170 Å². The molecule has 1 unspecified atom stereocenters. The highest BCUT2D eigenvalue weighted by molar-refractivity contribution is 8.01. The van der Waals surface area contributed by atoms with E-state index in [1.807, 2.05) is 29.7 Å². The summed E-state index contributed by atoms with van der Waals surface area (Å²) in [5, 5.41) is 11.8. The van der Waals surface area contributed by atoms with Crippen molar-refractivity contribution < 1.29 is 9.47 Å². The Morgan fingerprint density at radius 1 is 0.352 bits per heavy atom. The van der Waals surface area contributed by atoms with Crippen molar-refractivity contribution in [2.75, 3.05) is 0 Å². The molecule has 0 bridgehead atoms. The molecule has 1 atom stereocenters. The summed E-state index contributed by atoms with van der Waals surface area (Å²) >= 11 is 3.71. The van der Waals surface area contributed by atoms with Crippen LogP contribution in [0.5, 0.6) is 23.0 Å². The molecule has 0 aliphatic carbocycles. The van der Waals surface area contributed by atoms with Crippen molar-refractivity contribution in [2.24, 2.45) is 0 Å². The second-order valence-electron chi connectivity index (χ2n) is 14.2. The van der Waals surface area contributed by atoms with Crippen molar-refractivity contribution in [3.63, 3.8) is 0 Å². The van der Waals surface area contributed by atoms with Gasteiger partial charge in [-0.25, -0.2) is 4.98 Å². The summed E-state index contributed by atoms with van der Waals surface area (Å²) in [5.74, 6) is 3.69. The maximum absolute atomic E-state index is 6.81. The number of hydrogen-bond acceptors (Lipinski definition) is 5. The van der Waals surface area contributed by atoms with Gasteiger partial charge in [-0.15, -0.1) is 0 Å². The van der Waals surface area contributed by atoms with Crippen LogP contribution in [0.4, 0.5) is 0 Å². The Kier molecular flexibility index (Phi) is 6.55. The molecule has 12 rings (SSSR count). The van der Waals surface area contributed by atoms with Gasteiger partial charge in [0.25, 0.3) is 0 Å². The van der Waals surface area contributed by atoms with Gasteiger partial charge in [0.2, 0.25) is 0 Å². The lowest BCUT2D eigenvalue weighted by Gasteiger charge is -2.43. The number of benzene rings is 7. The zero-order valence-corrected chi connectivity index (χ0v) is 32.5. The standard InChI is InChI=1S/C47H29NO2S2Si2/c1-6-17-39-32(12-1)49-33-13-2-7-18-40(33)53(39)41-19-8-3-14-34(41)50-35-25-23-30(28-45(35)53)31-24-26-38-46(29-31)54(42-20-9-4-15-36(42)51-38)43-21-10-5-16-37(43)52-47-44(54)22-11-27-48-47/h1-29H. The number of fused-ring (bicyclic) bond motifs is 16. The van der Waals surface area contributed by atoms with E-state index in [1.165, 1.54) is 67.3 Å². The lowest BCUT2D eigenvalue weighted by Crippen LogP contribution is -2.78. The first kappa shape index (κ1) is 30.8. The molecule has 254 valence electrons. The Bertz CT molecular complexity index is 2490. The fourth-order valence-corrected chi connectivity index (χ4v) is 23.7. The molecule has 0 saturated heterocycles. The second-order valence-corrected chi connectivity index (χ2v) is 23.6. The Labute approximate surface area is 323 Å². The van der Waals surface area contributed by atoms with E-state index in [0.29, 0.717) is 0 Å². The van der Waals surface area contributed by atoms with Crippen molar-refractivity contribution >= 4 is 81.2 Å². The van der Waals surface area contributed by atoms with E-state index in [-0.39, 0.29) is 0 Å². The minimum Gasteiger partial charge on any atom is -0.458 e. The van der Waals surface area contributed by atoms with Crippen molar-refractivity contribution in [1.29, 1.82) is 0 Å². The molecule has 2 spiro atoms. The van der Waals surface area contributed by atoms with Crippen LogP contribution >= 0.6 is 23.5 Å². The quantitative estimate of drug-likeness (QED) is 0.175. The third-order valence-corrected chi connectivity index (χ3v) is 24.4. The number of hydrogen-bond donors (Lipinski definition) is 0. The van der Waals surface area contributed by atoms with Gasteiger partial charge in [0.05, 0.1) is 0 Å². The van der Waals surface area contributed by atoms with E-state index in [1.54, 1.807) is 0 Å². The summed E-state index contributed by atoms with van der Waals surface area (Å²) in [6, 6.07) is 62.7. The van der Waals surface area contributed by atoms with Crippen LogP contribution in [0.15, 0.2) is 196 Å². The monoisotopic (exact) mass is 759 g/mol. The van der Waals surface area contributed by atoms with Gasteiger partial charge in [0, 0.05) is 20.9 Å². The number of ether oxygens (including phenoxy) is 2. The Morgan fingerprint density at radius 3 is 1.43 bits per heavy atom.